The lowest BCUT2D eigenvalue weighted by atomic mass is 9.81. The molecule has 1 unspecified atom stereocenters. The zero-order valence-corrected chi connectivity index (χ0v) is 25.4. The highest BCUT2D eigenvalue weighted by molar-refractivity contribution is 6.32. The molecule has 5 rings (SSSR count). The first kappa shape index (κ1) is 33.1. The Labute approximate surface area is 267 Å². The Hall–Kier alpha value is -4.27. The van der Waals surface area contributed by atoms with Crippen LogP contribution in [0.25, 0.3) is 22.2 Å². The second kappa shape index (κ2) is 11.8. The van der Waals surface area contributed by atoms with E-state index >= 15 is 0 Å². The van der Waals surface area contributed by atoms with E-state index in [0.717, 1.165) is 18.2 Å². The second-order valence-corrected chi connectivity index (χ2v) is 11.4. The SMILES string of the molecule is COc1cc(C(=O)NCC(O)(c2cc3c(c(-c4ccc(F)c(Cl)c4)n2)OC[C@]3(CF)C(N)=O)C(F)(F)F)cc2cc(Cl)c(C)nc12. The predicted molar refractivity (Wildman–Crippen MR) is 157 cm³/mol. The van der Waals surface area contributed by atoms with Gasteiger partial charge in [0.15, 0.2) is 0 Å². The van der Waals surface area contributed by atoms with Crippen LogP contribution < -0.4 is 20.5 Å². The van der Waals surface area contributed by atoms with E-state index in [1.54, 1.807) is 6.92 Å². The van der Waals surface area contributed by atoms with Crippen LogP contribution in [0, 0.1) is 12.7 Å². The molecule has 2 aromatic carbocycles. The average molecular weight is 685 g/mol. The molecule has 9 nitrogen and oxygen atoms in total. The lowest BCUT2D eigenvalue weighted by molar-refractivity contribution is -0.265. The summed E-state index contributed by atoms with van der Waals surface area (Å²) in [5.74, 6) is -3.35. The Morgan fingerprint density at radius 3 is 2.46 bits per heavy atom. The van der Waals surface area contributed by atoms with Crippen molar-refractivity contribution < 1.29 is 46.1 Å². The molecule has 46 heavy (non-hydrogen) atoms. The highest BCUT2D eigenvalue weighted by Gasteiger charge is 2.58. The van der Waals surface area contributed by atoms with Crippen LogP contribution in [0.2, 0.25) is 10.0 Å². The van der Waals surface area contributed by atoms with E-state index in [4.69, 9.17) is 38.4 Å². The number of nitrogens with one attached hydrogen (secondary N) is 1. The van der Waals surface area contributed by atoms with Crippen molar-refractivity contribution >= 4 is 45.9 Å². The summed E-state index contributed by atoms with van der Waals surface area (Å²) >= 11 is 12.1. The molecule has 0 bridgehead atoms. The number of rotatable bonds is 8. The number of halogens is 7. The molecule has 242 valence electrons. The zero-order chi connectivity index (χ0) is 33.8. The molecule has 3 heterocycles. The number of pyridine rings is 2. The van der Waals surface area contributed by atoms with Crippen molar-refractivity contribution in [3.63, 3.8) is 0 Å². The molecule has 0 fully saturated rings. The molecular formula is C30H23Cl2F5N4O5. The number of primary amides is 1. The van der Waals surface area contributed by atoms with Crippen LogP contribution in [-0.2, 0) is 15.8 Å². The van der Waals surface area contributed by atoms with Gasteiger partial charge in [-0.25, -0.2) is 18.7 Å². The summed E-state index contributed by atoms with van der Waals surface area (Å²) in [7, 11) is 1.31. The van der Waals surface area contributed by atoms with Gasteiger partial charge in [0.1, 0.15) is 47.2 Å². The van der Waals surface area contributed by atoms with E-state index in [-0.39, 0.29) is 27.6 Å². The second-order valence-electron chi connectivity index (χ2n) is 10.6. The Morgan fingerprint density at radius 2 is 1.85 bits per heavy atom. The minimum absolute atomic E-state index is 0.0806. The minimum Gasteiger partial charge on any atom is -0.494 e. The minimum atomic E-state index is -5.50. The first-order valence-electron chi connectivity index (χ1n) is 13.3. The number of benzene rings is 2. The maximum Gasteiger partial charge on any atom is 0.424 e. The van der Waals surface area contributed by atoms with Crippen molar-refractivity contribution in [3.8, 4) is 22.8 Å². The fourth-order valence-electron chi connectivity index (χ4n) is 4.99. The van der Waals surface area contributed by atoms with Gasteiger partial charge >= 0.3 is 6.18 Å². The zero-order valence-electron chi connectivity index (χ0n) is 23.9. The van der Waals surface area contributed by atoms with Crippen LogP contribution in [0.4, 0.5) is 22.0 Å². The first-order chi connectivity index (χ1) is 21.6. The number of hydrogen-bond acceptors (Lipinski definition) is 7. The van der Waals surface area contributed by atoms with E-state index in [2.05, 4.69) is 15.3 Å². The standard InChI is InChI=1S/C30H23Cl2F5N4O5/c1-13-18(31)7-15-5-16(8-21(45-2)23(15)40-13)26(42)39-11-29(44,30(35,36)37)22-9-17-25(46-12-28(17,10-33)27(38)43)24(41-22)14-3-4-20(34)19(32)6-14/h3-9,44H,10-12H2,1-2H3,(H2,38,43)(H,39,42)/t28-,29?/m0/s1. The molecule has 0 aliphatic carbocycles. The van der Waals surface area contributed by atoms with Gasteiger partial charge < -0.3 is 25.6 Å². The fraction of sp³-hybridized carbons (Fsp3) is 0.267. The van der Waals surface area contributed by atoms with Crippen molar-refractivity contribution in [2.24, 2.45) is 5.73 Å². The summed E-state index contributed by atoms with van der Waals surface area (Å²) in [6.07, 6.45) is -5.50. The first-order valence-corrected chi connectivity index (χ1v) is 14.0. The quantitative estimate of drug-likeness (QED) is 0.214. The molecule has 16 heteroatoms. The van der Waals surface area contributed by atoms with Crippen molar-refractivity contribution in [2.45, 2.75) is 24.1 Å². The molecule has 2 amide bonds. The number of aryl methyl sites for hydroxylation is 1. The Bertz CT molecular complexity index is 1910. The molecule has 2 aromatic heterocycles. The molecule has 0 saturated heterocycles. The Morgan fingerprint density at radius 1 is 1.13 bits per heavy atom. The predicted octanol–water partition coefficient (Wildman–Crippen LogP) is 5.32. The Kier molecular flexibility index (Phi) is 8.51. The maximum atomic E-state index is 14.7. The highest BCUT2D eigenvalue weighted by atomic mass is 35.5. The molecule has 0 saturated carbocycles. The monoisotopic (exact) mass is 684 g/mol. The molecule has 4 aromatic rings. The topological polar surface area (TPSA) is 137 Å². The van der Waals surface area contributed by atoms with Gasteiger partial charge in [0.25, 0.3) is 5.91 Å². The number of aromatic nitrogens is 2. The van der Waals surface area contributed by atoms with Gasteiger partial charge in [0.2, 0.25) is 11.5 Å². The summed E-state index contributed by atoms with van der Waals surface area (Å²) in [5.41, 5.74) is -2.10. The number of methoxy groups -OCH3 is 1. The van der Waals surface area contributed by atoms with Crippen LogP contribution in [-0.4, -0.2) is 60.0 Å². The van der Waals surface area contributed by atoms with E-state index in [1.165, 1.54) is 25.3 Å². The smallest absolute Gasteiger partial charge is 0.424 e. The van der Waals surface area contributed by atoms with Gasteiger partial charge in [-0.2, -0.15) is 13.2 Å². The van der Waals surface area contributed by atoms with Crippen LogP contribution in [0.5, 0.6) is 11.5 Å². The van der Waals surface area contributed by atoms with Crippen LogP contribution in [0.15, 0.2) is 42.5 Å². The third kappa shape index (κ3) is 5.43. The molecular weight excluding hydrogens is 662 g/mol. The number of alkyl halides is 4. The third-order valence-electron chi connectivity index (χ3n) is 7.74. The van der Waals surface area contributed by atoms with Gasteiger partial charge in [-0.05, 0) is 49.4 Å². The lowest BCUT2D eigenvalue weighted by Crippen LogP contribution is -2.52. The number of carbonyl (C=O) groups is 2. The number of aliphatic hydroxyl groups is 1. The number of nitrogens with zero attached hydrogens (tertiary/aromatic N) is 2. The van der Waals surface area contributed by atoms with Crippen LogP contribution in [0.1, 0.15) is 27.3 Å². The molecule has 0 spiro atoms. The molecule has 0 radical (unpaired) electrons. The maximum absolute atomic E-state index is 14.7. The van der Waals surface area contributed by atoms with Gasteiger partial charge in [-0.3, -0.25) is 9.59 Å². The highest BCUT2D eigenvalue weighted by Crippen LogP contribution is 2.48. The molecule has 1 aliphatic rings. The summed E-state index contributed by atoms with van der Waals surface area (Å²) in [6.45, 7) is -2.00. The summed E-state index contributed by atoms with van der Waals surface area (Å²) in [4.78, 5) is 33.9. The molecule has 1 aliphatic heterocycles. The van der Waals surface area contributed by atoms with Crippen LogP contribution in [0.3, 0.4) is 0 Å². The van der Waals surface area contributed by atoms with Gasteiger partial charge in [0, 0.05) is 22.1 Å². The van der Waals surface area contributed by atoms with Crippen molar-refractivity contribution in [2.75, 3.05) is 26.9 Å². The van der Waals surface area contributed by atoms with Crippen LogP contribution >= 0.6 is 23.2 Å². The van der Waals surface area contributed by atoms with Gasteiger partial charge in [-0.1, -0.05) is 23.2 Å². The summed E-state index contributed by atoms with van der Waals surface area (Å²) < 4.78 is 83.4. The molecule has 2 atom stereocenters. The molecule has 4 N–H and O–H groups in total. The largest absolute Gasteiger partial charge is 0.494 e. The van der Waals surface area contributed by atoms with E-state index in [1.807, 2.05) is 0 Å². The number of ether oxygens (including phenoxy) is 2. The lowest BCUT2D eigenvalue weighted by Gasteiger charge is -2.31. The van der Waals surface area contributed by atoms with Crippen molar-refractivity contribution in [3.05, 3.63) is 80.8 Å². The van der Waals surface area contributed by atoms with E-state index in [9.17, 15) is 36.6 Å². The van der Waals surface area contributed by atoms with Gasteiger partial charge in [0.05, 0.1) is 35.1 Å². The van der Waals surface area contributed by atoms with Crippen molar-refractivity contribution in [1.29, 1.82) is 0 Å². The summed E-state index contributed by atoms with van der Waals surface area (Å²) in [5, 5.41) is 13.5. The normalized spacial score (nSPS) is 17.3. The van der Waals surface area contributed by atoms with Crippen molar-refractivity contribution in [1.82, 2.24) is 15.3 Å². The number of nitrogens with two attached hydrogens (primary N) is 1. The average Bonchev–Trinajstić information content (AvgIpc) is 3.40. The van der Waals surface area contributed by atoms with Gasteiger partial charge in [-0.15, -0.1) is 0 Å². The number of hydrogen-bond donors (Lipinski definition) is 3. The summed E-state index contributed by atoms with van der Waals surface area (Å²) in [6, 6.07) is 7.76. The fourth-order valence-corrected chi connectivity index (χ4v) is 5.33. The number of amides is 2. The van der Waals surface area contributed by atoms with E-state index < -0.39 is 76.6 Å². The third-order valence-corrected chi connectivity index (χ3v) is 8.41. The Balaban J connectivity index is 1.62. The number of fused-ring (bicyclic) bond motifs is 2. The number of carbonyl (C=O) groups excluding carboxylic acids is 2. The van der Waals surface area contributed by atoms with E-state index in [0.29, 0.717) is 22.7 Å².